The van der Waals surface area contributed by atoms with E-state index in [9.17, 15) is 5.11 Å². The first-order chi connectivity index (χ1) is 13.6. The van der Waals surface area contributed by atoms with Crippen LogP contribution in [0.5, 0.6) is 23.0 Å². The minimum atomic E-state index is -0.0673. The molecule has 1 heterocycles. The highest BCUT2D eigenvalue weighted by Gasteiger charge is 2.20. The fraction of sp³-hybridized carbons (Fsp3) is 0.304. The number of hydrogen-bond acceptors (Lipinski definition) is 5. The summed E-state index contributed by atoms with van der Waals surface area (Å²) in [6.07, 6.45) is 6.45. The van der Waals surface area contributed by atoms with E-state index in [0.29, 0.717) is 28.9 Å². The summed E-state index contributed by atoms with van der Waals surface area (Å²) in [6, 6.07) is 13.3. The number of aliphatic hydroxyl groups is 1. The van der Waals surface area contributed by atoms with Crippen molar-refractivity contribution >= 4 is 5.69 Å². The monoisotopic (exact) mass is 381 g/mol. The number of rotatable bonds is 8. The fourth-order valence-corrected chi connectivity index (χ4v) is 3.00. The first-order valence-corrected chi connectivity index (χ1v) is 9.46. The van der Waals surface area contributed by atoms with Gasteiger partial charge in [0.2, 0.25) is 0 Å². The van der Waals surface area contributed by atoms with Gasteiger partial charge < -0.3 is 24.2 Å². The zero-order chi connectivity index (χ0) is 19.9. The number of aliphatic hydroxyl groups excluding tert-OH is 1. The van der Waals surface area contributed by atoms with Gasteiger partial charge in [0, 0.05) is 12.7 Å². The molecule has 1 N–H and O–H groups in total. The lowest BCUT2D eigenvalue weighted by Crippen LogP contribution is -2.21. The number of hydrogen-bond donors (Lipinski definition) is 1. The van der Waals surface area contributed by atoms with Crippen LogP contribution >= 0.6 is 0 Å². The molecule has 5 nitrogen and oxygen atoms in total. The van der Waals surface area contributed by atoms with E-state index in [0.717, 1.165) is 12.2 Å². The molecular weight excluding hydrogens is 354 g/mol. The second kappa shape index (κ2) is 9.33. The Kier molecular flexibility index (Phi) is 6.61. The third-order valence-electron chi connectivity index (χ3n) is 4.48. The molecule has 0 atom stereocenters. The Bertz CT molecular complexity index is 857. The largest absolute Gasteiger partial charge is 0.493 e. The van der Waals surface area contributed by atoms with E-state index in [1.165, 1.54) is 5.57 Å². The van der Waals surface area contributed by atoms with Gasteiger partial charge in [0.15, 0.2) is 23.0 Å². The molecular formula is C23H27NO4. The van der Waals surface area contributed by atoms with Crippen molar-refractivity contribution in [2.45, 2.75) is 13.8 Å². The molecule has 0 amide bonds. The highest BCUT2D eigenvalue weighted by atomic mass is 16.5. The van der Waals surface area contributed by atoms with Gasteiger partial charge in [-0.05, 0) is 35.8 Å². The van der Waals surface area contributed by atoms with Gasteiger partial charge in [-0.1, -0.05) is 44.2 Å². The molecule has 148 valence electrons. The van der Waals surface area contributed by atoms with Crippen molar-refractivity contribution in [3.8, 4) is 23.0 Å². The van der Waals surface area contributed by atoms with Crippen molar-refractivity contribution in [2.75, 3.05) is 31.8 Å². The highest BCUT2D eigenvalue weighted by molar-refractivity contribution is 5.68. The predicted molar refractivity (Wildman–Crippen MR) is 111 cm³/mol. The number of anilines is 1. The molecule has 1 aliphatic heterocycles. The molecule has 0 saturated carbocycles. The van der Waals surface area contributed by atoms with Gasteiger partial charge >= 0.3 is 0 Å². The van der Waals surface area contributed by atoms with Crippen LogP contribution in [0.2, 0.25) is 0 Å². The maximum absolute atomic E-state index is 9.19. The van der Waals surface area contributed by atoms with Crippen molar-refractivity contribution in [1.29, 1.82) is 0 Å². The van der Waals surface area contributed by atoms with Crippen molar-refractivity contribution in [2.24, 2.45) is 5.92 Å². The van der Waals surface area contributed by atoms with Crippen LogP contribution in [0.3, 0.4) is 0 Å². The van der Waals surface area contributed by atoms with E-state index >= 15 is 0 Å². The van der Waals surface area contributed by atoms with Gasteiger partial charge in [-0.2, -0.15) is 0 Å². The second-order valence-corrected chi connectivity index (χ2v) is 6.77. The highest BCUT2D eigenvalue weighted by Crippen LogP contribution is 2.43. The Labute approximate surface area is 166 Å². The molecule has 0 unspecified atom stereocenters. The normalized spacial score (nSPS) is 13.5. The van der Waals surface area contributed by atoms with Gasteiger partial charge in [-0.15, -0.1) is 0 Å². The van der Waals surface area contributed by atoms with Crippen LogP contribution in [0.4, 0.5) is 5.69 Å². The standard InChI is InChI=1S/C23H27NO4/c1-17(2)18-8-7-13-24(16-18)19-9-6-12-22(27-15-14-25)23(19)28-21-11-5-4-10-20(21)26-3/h4-12,16-17,25H,13-15H2,1-3H3. The molecule has 0 fully saturated rings. The van der Waals surface area contributed by atoms with Crippen LogP contribution in [0, 0.1) is 5.92 Å². The van der Waals surface area contributed by atoms with Gasteiger partial charge in [-0.3, -0.25) is 0 Å². The van der Waals surface area contributed by atoms with Crippen molar-refractivity contribution in [3.05, 3.63) is 66.4 Å². The number of ether oxygens (including phenoxy) is 3. The van der Waals surface area contributed by atoms with E-state index in [2.05, 4.69) is 37.1 Å². The zero-order valence-corrected chi connectivity index (χ0v) is 16.6. The fourth-order valence-electron chi connectivity index (χ4n) is 3.00. The summed E-state index contributed by atoms with van der Waals surface area (Å²) in [5, 5.41) is 9.19. The Morgan fingerprint density at radius 3 is 2.50 bits per heavy atom. The molecule has 0 aliphatic carbocycles. The van der Waals surface area contributed by atoms with Crippen LogP contribution < -0.4 is 19.1 Å². The molecule has 0 spiro atoms. The Balaban J connectivity index is 2.04. The van der Waals surface area contributed by atoms with Crippen LogP contribution in [0.1, 0.15) is 13.8 Å². The Morgan fingerprint density at radius 2 is 1.79 bits per heavy atom. The first kappa shape index (κ1) is 19.8. The summed E-state index contributed by atoms with van der Waals surface area (Å²) < 4.78 is 17.5. The summed E-state index contributed by atoms with van der Waals surface area (Å²) >= 11 is 0. The average Bonchev–Trinajstić information content (AvgIpc) is 2.73. The van der Waals surface area contributed by atoms with Crippen molar-refractivity contribution < 1.29 is 19.3 Å². The maximum Gasteiger partial charge on any atom is 0.193 e. The van der Waals surface area contributed by atoms with Gasteiger partial charge in [-0.25, -0.2) is 0 Å². The minimum Gasteiger partial charge on any atom is -0.493 e. The first-order valence-electron chi connectivity index (χ1n) is 9.46. The SMILES string of the molecule is COc1ccccc1Oc1c(OCCO)cccc1N1C=C(C(C)C)C=CC1. The number of methoxy groups -OCH3 is 1. The Hall–Kier alpha value is -2.92. The number of allylic oxidation sites excluding steroid dienone is 2. The quantitative estimate of drug-likeness (QED) is 0.713. The lowest BCUT2D eigenvalue weighted by Gasteiger charge is -2.27. The van der Waals surface area contributed by atoms with Crippen LogP contribution in [0.15, 0.2) is 66.4 Å². The second-order valence-electron chi connectivity index (χ2n) is 6.77. The lowest BCUT2D eigenvalue weighted by molar-refractivity contribution is 0.197. The van der Waals surface area contributed by atoms with Crippen LogP contribution in [-0.2, 0) is 0 Å². The molecule has 3 rings (SSSR count). The van der Waals surface area contributed by atoms with Crippen LogP contribution in [0.25, 0.3) is 0 Å². The van der Waals surface area contributed by atoms with Gasteiger partial charge in [0.05, 0.1) is 19.4 Å². The average molecular weight is 381 g/mol. The van der Waals surface area contributed by atoms with Crippen molar-refractivity contribution in [1.82, 2.24) is 0 Å². The third-order valence-corrected chi connectivity index (χ3v) is 4.48. The predicted octanol–water partition coefficient (Wildman–Crippen LogP) is 4.77. The minimum absolute atomic E-state index is 0.0673. The molecule has 2 aromatic carbocycles. The molecule has 2 aromatic rings. The zero-order valence-electron chi connectivity index (χ0n) is 16.6. The third kappa shape index (κ3) is 4.49. The number of nitrogens with zero attached hydrogens (tertiary/aromatic N) is 1. The van der Waals surface area contributed by atoms with E-state index in [-0.39, 0.29) is 13.2 Å². The summed E-state index contributed by atoms with van der Waals surface area (Å²) in [6.45, 7) is 5.21. The summed E-state index contributed by atoms with van der Waals surface area (Å²) in [7, 11) is 1.62. The molecule has 0 bridgehead atoms. The van der Waals surface area contributed by atoms with Gasteiger partial charge in [0.25, 0.3) is 0 Å². The topological polar surface area (TPSA) is 51.2 Å². The van der Waals surface area contributed by atoms with E-state index in [1.807, 2.05) is 42.5 Å². The van der Waals surface area contributed by atoms with Gasteiger partial charge in [0.1, 0.15) is 6.61 Å². The van der Waals surface area contributed by atoms with Crippen LogP contribution in [-0.4, -0.2) is 32.0 Å². The smallest absolute Gasteiger partial charge is 0.193 e. The molecule has 28 heavy (non-hydrogen) atoms. The molecule has 5 heteroatoms. The van der Waals surface area contributed by atoms with E-state index in [4.69, 9.17) is 14.2 Å². The number of para-hydroxylation sites is 3. The van der Waals surface area contributed by atoms with E-state index in [1.54, 1.807) is 7.11 Å². The van der Waals surface area contributed by atoms with E-state index < -0.39 is 0 Å². The molecule has 0 aromatic heterocycles. The Morgan fingerprint density at radius 1 is 1.04 bits per heavy atom. The summed E-state index contributed by atoms with van der Waals surface area (Å²) in [5.74, 6) is 2.84. The molecule has 1 aliphatic rings. The molecule has 0 radical (unpaired) electrons. The maximum atomic E-state index is 9.19. The summed E-state index contributed by atoms with van der Waals surface area (Å²) in [4.78, 5) is 2.14. The summed E-state index contributed by atoms with van der Waals surface area (Å²) in [5.41, 5.74) is 2.14. The molecule has 0 saturated heterocycles. The number of benzene rings is 2. The van der Waals surface area contributed by atoms with Crippen molar-refractivity contribution in [3.63, 3.8) is 0 Å². The lowest BCUT2D eigenvalue weighted by atomic mass is 10.0.